The Kier molecular flexibility index (Phi) is 5.04. The van der Waals surface area contributed by atoms with E-state index < -0.39 is 0 Å². The van der Waals surface area contributed by atoms with Crippen LogP contribution in [0.25, 0.3) is 0 Å². The number of ether oxygens (including phenoxy) is 1. The fourth-order valence-corrected chi connectivity index (χ4v) is 3.32. The third-order valence-electron chi connectivity index (χ3n) is 4.65. The van der Waals surface area contributed by atoms with Crippen molar-refractivity contribution in [3.05, 3.63) is 59.7 Å². The molecule has 1 atom stereocenters. The summed E-state index contributed by atoms with van der Waals surface area (Å²) >= 11 is 0. The molecular formula is C20H24N2O2. The maximum Gasteiger partial charge on any atom is 0.322 e. The van der Waals surface area contributed by atoms with Crippen LogP contribution in [0.3, 0.4) is 0 Å². The van der Waals surface area contributed by atoms with Crippen molar-refractivity contribution in [1.82, 2.24) is 4.90 Å². The highest BCUT2D eigenvalue weighted by atomic mass is 16.5. The number of para-hydroxylation sites is 1. The van der Waals surface area contributed by atoms with Crippen molar-refractivity contribution in [3.63, 3.8) is 0 Å². The second-order valence-electron chi connectivity index (χ2n) is 6.07. The minimum atomic E-state index is -0.0192. The van der Waals surface area contributed by atoms with E-state index in [9.17, 15) is 4.79 Å². The number of aryl methyl sites for hydroxylation is 1. The lowest BCUT2D eigenvalue weighted by Gasteiger charge is -2.26. The summed E-state index contributed by atoms with van der Waals surface area (Å²) in [5.74, 6) is 0.838. The number of carbonyl (C=O) groups is 1. The fourth-order valence-electron chi connectivity index (χ4n) is 3.32. The minimum absolute atomic E-state index is 0.0192. The summed E-state index contributed by atoms with van der Waals surface area (Å²) < 4.78 is 5.22. The van der Waals surface area contributed by atoms with Crippen LogP contribution in [0, 0.1) is 0 Å². The predicted octanol–water partition coefficient (Wildman–Crippen LogP) is 4.63. The van der Waals surface area contributed by atoms with E-state index in [1.54, 1.807) is 7.11 Å². The van der Waals surface area contributed by atoms with E-state index in [0.717, 1.165) is 48.4 Å². The van der Waals surface area contributed by atoms with Crippen LogP contribution in [0.15, 0.2) is 48.5 Å². The maximum atomic E-state index is 12.8. The lowest BCUT2D eigenvalue weighted by molar-refractivity contribution is 0.207. The molecule has 0 aromatic heterocycles. The summed E-state index contributed by atoms with van der Waals surface area (Å²) in [4.78, 5) is 14.7. The number of urea groups is 1. The number of nitrogens with zero attached hydrogens (tertiary/aromatic N) is 1. The Morgan fingerprint density at radius 1 is 1.21 bits per heavy atom. The molecule has 1 aliphatic rings. The number of likely N-dealkylation sites (tertiary alicyclic amines) is 1. The summed E-state index contributed by atoms with van der Waals surface area (Å²) in [5, 5.41) is 3.09. The van der Waals surface area contributed by atoms with E-state index in [0.29, 0.717) is 0 Å². The molecule has 1 heterocycles. The number of nitrogens with one attached hydrogen (secondary N) is 1. The molecule has 126 valence electrons. The van der Waals surface area contributed by atoms with Gasteiger partial charge >= 0.3 is 6.03 Å². The molecule has 24 heavy (non-hydrogen) atoms. The second-order valence-corrected chi connectivity index (χ2v) is 6.07. The largest absolute Gasteiger partial charge is 0.497 e. The standard InChI is InChI=1S/C20H24N2O2/c1-3-15-7-4-5-8-18(15)21-20(23)22-14-6-9-19(22)16-10-12-17(24-2)13-11-16/h4-5,7-8,10-13,19H,3,6,9,14H2,1-2H3,(H,21,23)/t19-/m1/s1. The smallest absolute Gasteiger partial charge is 0.322 e. The summed E-state index contributed by atoms with van der Waals surface area (Å²) in [5.41, 5.74) is 3.23. The highest BCUT2D eigenvalue weighted by Crippen LogP contribution is 2.33. The molecule has 0 aliphatic carbocycles. The monoisotopic (exact) mass is 324 g/mol. The van der Waals surface area contributed by atoms with Gasteiger partial charge in [-0.1, -0.05) is 37.3 Å². The first-order valence-corrected chi connectivity index (χ1v) is 8.52. The SMILES string of the molecule is CCc1ccccc1NC(=O)N1CCC[C@@H]1c1ccc(OC)cc1. The predicted molar refractivity (Wildman–Crippen MR) is 96.5 cm³/mol. The quantitative estimate of drug-likeness (QED) is 0.891. The van der Waals surface area contributed by atoms with Gasteiger partial charge in [-0.2, -0.15) is 0 Å². The Balaban J connectivity index is 1.75. The molecule has 2 amide bonds. The highest BCUT2D eigenvalue weighted by Gasteiger charge is 2.30. The lowest BCUT2D eigenvalue weighted by atomic mass is 10.0. The van der Waals surface area contributed by atoms with Crippen LogP contribution in [0.2, 0.25) is 0 Å². The maximum absolute atomic E-state index is 12.8. The van der Waals surface area contributed by atoms with Gasteiger partial charge in [0.25, 0.3) is 0 Å². The Hall–Kier alpha value is -2.49. The zero-order valence-corrected chi connectivity index (χ0v) is 14.3. The molecule has 0 saturated carbocycles. The van der Waals surface area contributed by atoms with Gasteiger partial charge in [0.2, 0.25) is 0 Å². The minimum Gasteiger partial charge on any atom is -0.497 e. The second kappa shape index (κ2) is 7.39. The van der Waals surface area contributed by atoms with Crippen LogP contribution < -0.4 is 10.1 Å². The number of methoxy groups -OCH3 is 1. The van der Waals surface area contributed by atoms with Crippen LogP contribution in [0.1, 0.15) is 36.9 Å². The van der Waals surface area contributed by atoms with Crippen LogP contribution in [0.4, 0.5) is 10.5 Å². The fraction of sp³-hybridized carbons (Fsp3) is 0.350. The number of anilines is 1. The van der Waals surface area contributed by atoms with Crippen LogP contribution in [0.5, 0.6) is 5.75 Å². The zero-order chi connectivity index (χ0) is 16.9. The summed E-state index contributed by atoms with van der Waals surface area (Å²) in [6.07, 6.45) is 2.92. The number of hydrogen-bond acceptors (Lipinski definition) is 2. The Morgan fingerprint density at radius 2 is 1.96 bits per heavy atom. The number of hydrogen-bond donors (Lipinski definition) is 1. The molecule has 4 nitrogen and oxygen atoms in total. The van der Waals surface area contributed by atoms with E-state index in [1.807, 2.05) is 35.2 Å². The normalized spacial score (nSPS) is 16.9. The molecule has 1 aliphatic heterocycles. The topological polar surface area (TPSA) is 41.6 Å². The molecule has 2 aromatic carbocycles. The van der Waals surface area contributed by atoms with E-state index in [2.05, 4.69) is 30.4 Å². The van der Waals surface area contributed by atoms with Gasteiger partial charge in [-0.25, -0.2) is 4.79 Å². The van der Waals surface area contributed by atoms with Crippen molar-refractivity contribution in [2.45, 2.75) is 32.2 Å². The molecule has 0 unspecified atom stereocenters. The van der Waals surface area contributed by atoms with Crippen molar-refractivity contribution in [2.75, 3.05) is 19.0 Å². The highest BCUT2D eigenvalue weighted by molar-refractivity contribution is 5.90. The van der Waals surface area contributed by atoms with Gasteiger partial charge < -0.3 is 15.0 Å². The van der Waals surface area contributed by atoms with Gasteiger partial charge in [0.05, 0.1) is 13.2 Å². The molecule has 1 saturated heterocycles. The van der Waals surface area contributed by atoms with Gasteiger partial charge in [0.1, 0.15) is 5.75 Å². The molecule has 0 radical (unpaired) electrons. The third-order valence-corrected chi connectivity index (χ3v) is 4.65. The van der Waals surface area contributed by atoms with Crippen molar-refractivity contribution in [2.24, 2.45) is 0 Å². The molecule has 3 rings (SSSR count). The van der Waals surface area contributed by atoms with Crippen molar-refractivity contribution >= 4 is 11.7 Å². The molecule has 4 heteroatoms. The first kappa shape index (κ1) is 16.4. The van der Waals surface area contributed by atoms with Crippen LogP contribution in [-0.2, 0) is 6.42 Å². The van der Waals surface area contributed by atoms with E-state index in [-0.39, 0.29) is 12.1 Å². The third kappa shape index (κ3) is 3.37. The average molecular weight is 324 g/mol. The van der Waals surface area contributed by atoms with Crippen molar-refractivity contribution in [3.8, 4) is 5.75 Å². The Morgan fingerprint density at radius 3 is 2.67 bits per heavy atom. The first-order valence-electron chi connectivity index (χ1n) is 8.52. The lowest BCUT2D eigenvalue weighted by Crippen LogP contribution is -2.34. The van der Waals surface area contributed by atoms with Gasteiger partial charge in [0.15, 0.2) is 0 Å². The number of benzene rings is 2. The summed E-state index contributed by atoms with van der Waals surface area (Å²) in [7, 11) is 1.66. The van der Waals surface area contributed by atoms with E-state index in [4.69, 9.17) is 4.74 Å². The molecule has 1 N–H and O–H groups in total. The average Bonchev–Trinajstić information content (AvgIpc) is 3.12. The number of amides is 2. The summed E-state index contributed by atoms with van der Waals surface area (Å²) in [6.45, 7) is 2.89. The van der Waals surface area contributed by atoms with Gasteiger partial charge in [0, 0.05) is 12.2 Å². The molecule has 1 fully saturated rings. The molecule has 0 spiro atoms. The Labute approximate surface area is 143 Å². The number of rotatable bonds is 4. The Bertz CT molecular complexity index is 697. The van der Waals surface area contributed by atoms with Crippen molar-refractivity contribution in [1.29, 1.82) is 0 Å². The van der Waals surface area contributed by atoms with Crippen LogP contribution in [-0.4, -0.2) is 24.6 Å². The van der Waals surface area contributed by atoms with Gasteiger partial charge in [-0.15, -0.1) is 0 Å². The molecular weight excluding hydrogens is 300 g/mol. The molecule has 2 aromatic rings. The number of carbonyl (C=O) groups excluding carboxylic acids is 1. The van der Waals surface area contributed by atoms with Crippen molar-refractivity contribution < 1.29 is 9.53 Å². The van der Waals surface area contributed by atoms with Gasteiger partial charge in [-0.05, 0) is 48.6 Å². The molecule has 0 bridgehead atoms. The summed E-state index contributed by atoms with van der Waals surface area (Å²) in [6, 6.07) is 16.1. The van der Waals surface area contributed by atoms with E-state index >= 15 is 0 Å². The van der Waals surface area contributed by atoms with E-state index in [1.165, 1.54) is 0 Å². The first-order chi connectivity index (χ1) is 11.7. The van der Waals surface area contributed by atoms with Crippen LogP contribution >= 0.6 is 0 Å². The zero-order valence-electron chi connectivity index (χ0n) is 14.3. The van der Waals surface area contributed by atoms with Gasteiger partial charge in [-0.3, -0.25) is 0 Å².